The van der Waals surface area contributed by atoms with Crippen LogP contribution in [0.4, 0.5) is 5.69 Å². The Bertz CT molecular complexity index is 1190. The monoisotopic (exact) mass is 451 g/mol. The Hall–Kier alpha value is -2.93. The number of benzene rings is 2. The van der Waals surface area contributed by atoms with Crippen LogP contribution in [0.2, 0.25) is 0 Å². The van der Waals surface area contributed by atoms with E-state index in [1.807, 2.05) is 43.8 Å². The SMILES string of the molecule is Cc1nn(C(C)C(=O)Nc2cnn(Cc3cccc4ccccc34)c2)c(C)c1Br. The maximum atomic E-state index is 12.7. The van der Waals surface area contributed by atoms with E-state index in [1.165, 1.54) is 16.3 Å². The molecule has 0 saturated carbocycles. The third-order valence-corrected chi connectivity index (χ3v) is 6.24. The van der Waals surface area contributed by atoms with Crippen LogP contribution in [0.5, 0.6) is 0 Å². The van der Waals surface area contributed by atoms with E-state index in [9.17, 15) is 4.79 Å². The summed E-state index contributed by atoms with van der Waals surface area (Å²) >= 11 is 3.51. The zero-order valence-corrected chi connectivity index (χ0v) is 18.1. The summed E-state index contributed by atoms with van der Waals surface area (Å²) in [6.45, 7) is 6.32. The number of hydrogen-bond donors (Lipinski definition) is 1. The highest BCUT2D eigenvalue weighted by atomic mass is 79.9. The number of halogens is 1. The van der Waals surface area contributed by atoms with Gasteiger partial charge in [-0.05, 0) is 53.0 Å². The molecule has 148 valence electrons. The quantitative estimate of drug-likeness (QED) is 0.471. The lowest BCUT2D eigenvalue weighted by molar-refractivity contribution is -0.119. The summed E-state index contributed by atoms with van der Waals surface area (Å²) in [6, 6.07) is 14.1. The second kappa shape index (κ2) is 7.83. The third-order valence-electron chi connectivity index (χ3n) is 5.10. The van der Waals surface area contributed by atoms with Gasteiger partial charge >= 0.3 is 0 Å². The first kappa shape index (κ1) is 19.4. The lowest BCUT2D eigenvalue weighted by Crippen LogP contribution is -2.25. The van der Waals surface area contributed by atoms with Crippen molar-refractivity contribution < 1.29 is 4.79 Å². The van der Waals surface area contributed by atoms with E-state index < -0.39 is 6.04 Å². The highest BCUT2D eigenvalue weighted by Gasteiger charge is 2.20. The van der Waals surface area contributed by atoms with Gasteiger partial charge in [0, 0.05) is 6.20 Å². The van der Waals surface area contributed by atoms with Crippen LogP contribution in [0.3, 0.4) is 0 Å². The number of aryl methyl sites for hydroxylation is 1. The third kappa shape index (κ3) is 3.82. The molecule has 29 heavy (non-hydrogen) atoms. The lowest BCUT2D eigenvalue weighted by atomic mass is 10.0. The molecule has 0 radical (unpaired) electrons. The number of nitrogens with zero attached hydrogens (tertiary/aromatic N) is 4. The van der Waals surface area contributed by atoms with Crippen LogP contribution in [0.25, 0.3) is 10.8 Å². The van der Waals surface area contributed by atoms with Crippen LogP contribution >= 0.6 is 15.9 Å². The molecule has 2 aromatic carbocycles. The molecule has 0 aliphatic rings. The summed E-state index contributed by atoms with van der Waals surface area (Å²) < 4.78 is 4.50. The second-order valence-corrected chi connectivity index (χ2v) is 7.95. The number of aromatic nitrogens is 4. The lowest BCUT2D eigenvalue weighted by Gasteiger charge is -2.13. The molecule has 7 heteroatoms. The molecule has 4 rings (SSSR count). The number of fused-ring (bicyclic) bond motifs is 1. The van der Waals surface area contributed by atoms with Crippen LogP contribution in [-0.2, 0) is 11.3 Å². The molecular formula is C22H22BrN5O. The van der Waals surface area contributed by atoms with Crippen molar-refractivity contribution in [3.8, 4) is 0 Å². The summed E-state index contributed by atoms with van der Waals surface area (Å²) in [5.41, 5.74) is 3.65. The average molecular weight is 452 g/mol. The fourth-order valence-corrected chi connectivity index (χ4v) is 3.76. The maximum absolute atomic E-state index is 12.7. The van der Waals surface area contributed by atoms with Crippen LogP contribution in [0.1, 0.15) is 29.9 Å². The molecule has 0 spiro atoms. The molecule has 0 saturated heterocycles. The predicted molar refractivity (Wildman–Crippen MR) is 118 cm³/mol. The minimum absolute atomic E-state index is 0.132. The van der Waals surface area contributed by atoms with Crippen molar-refractivity contribution in [3.05, 3.63) is 76.3 Å². The topological polar surface area (TPSA) is 64.7 Å². The number of carbonyl (C=O) groups excluding carboxylic acids is 1. The summed E-state index contributed by atoms with van der Waals surface area (Å²) in [5.74, 6) is -0.132. The van der Waals surface area contributed by atoms with Gasteiger partial charge in [-0.2, -0.15) is 10.2 Å². The Morgan fingerprint density at radius 3 is 2.69 bits per heavy atom. The van der Waals surface area contributed by atoms with Crippen LogP contribution < -0.4 is 5.32 Å². The van der Waals surface area contributed by atoms with Gasteiger partial charge in [-0.1, -0.05) is 42.5 Å². The number of rotatable bonds is 5. The minimum atomic E-state index is -0.429. The summed E-state index contributed by atoms with van der Waals surface area (Å²) in [7, 11) is 0. The number of anilines is 1. The van der Waals surface area contributed by atoms with Gasteiger partial charge in [-0.3, -0.25) is 14.2 Å². The van der Waals surface area contributed by atoms with E-state index in [4.69, 9.17) is 0 Å². The molecule has 1 atom stereocenters. The number of hydrogen-bond acceptors (Lipinski definition) is 3. The minimum Gasteiger partial charge on any atom is -0.322 e. The molecule has 0 fully saturated rings. The molecular weight excluding hydrogens is 430 g/mol. The molecule has 2 aromatic heterocycles. The summed E-state index contributed by atoms with van der Waals surface area (Å²) in [5, 5.41) is 14.2. The van der Waals surface area contributed by atoms with Gasteiger partial charge in [0.2, 0.25) is 5.91 Å². The normalized spacial score (nSPS) is 12.3. The molecule has 2 heterocycles. The molecule has 1 unspecified atom stereocenters. The first-order chi connectivity index (χ1) is 13.9. The van der Waals surface area contributed by atoms with Gasteiger partial charge in [0.25, 0.3) is 0 Å². The van der Waals surface area contributed by atoms with Gasteiger partial charge < -0.3 is 5.32 Å². The van der Waals surface area contributed by atoms with E-state index in [0.29, 0.717) is 12.2 Å². The smallest absolute Gasteiger partial charge is 0.249 e. The molecule has 6 nitrogen and oxygen atoms in total. The maximum Gasteiger partial charge on any atom is 0.249 e. The van der Waals surface area contributed by atoms with Gasteiger partial charge in [-0.25, -0.2) is 0 Å². The van der Waals surface area contributed by atoms with Crippen LogP contribution in [0.15, 0.2) is 59.3 Å². The van der Waals surface area contributed by atoms with Crippen LogP contribution in [-0.4, -0.2) is 25.5 Å². The summed E-state index contributed by atoms with van der Waals surface area (Å²) in [4.78, 5) is 12.7. The highest BCUT2D eigenvalue weighted by molar-refractivity contribution is 9.10. The van der Waals surface area contributed by atoms with Crippen LogP contribution in [0, 0.1) is 13.8 Å². The molecule has 0 aliphatic carbocycles. The second-order valence-electron chi connectivity index (χ2n) is 7.16. The zero-order valence-electron chi connectivity index (χ0n) is 16.6. The van der Waals surface area contributed by atoms with E-state index in [1.54, 1.807) is 10.9 Å². The molecule has 1 N–H and O–H groups in total. The number of nitrogens with one attached hydrogen (secondary N) is 1. The Kier molecular flexibility index (Phi) is 5.24. The Morgan fingerprint density at radius 2 is 1.93 bits per heavy atom. The highest BCUT2D eigenvalue weighted by Crippen LogP contribution is 2.24. The Labute approximate surface area is 177 Å². The van der Waals surface area contributed by atoms with Crippen molar-refractivity contribution in [1.29, 1.82) is 0 Å². The molecule has 1 amide bonds. The molecule has 0 bridgehead atoms. The Balaban J connectivity index is 1.49. The van der Waals surface area contributed by atoms with E-state index in [0.717, 1.165) is 15.9 Å². The first-order valence-electron chi connectivity index (χ1n) is 9.45. The molecule has 4 aromatic rings. The van der Waals surface area contributed by atoms with Crippen molar-refractivity contribution in [3.63, 3.8) is 0 Å². The largest absolute Gasteiger partial charge is 0.322 e. The van der Waals surface area contributed by atoms with Crippen molar-refractivity contribution in [2.24, 2.45) is 0 Å². The van der Waals surface area contributed by atoms with Crippen molar-refractivity contribution >= 4 is 38.3 Å². The average Bonchev–Trinajstić information content (AvgIpc) is 3.27. The first-order valence-corrected chi connectivity index (χ1v) is 10.2. The predicted octanol–water partition coefficient (Wildman–Crippen LogP) is 4.86. The molecule has 0 aliphatic heterocycles. The van der Waals surface area contributed by atoms with Crippen molar-refractivity contribution in [1.82, 2.24) is 19.6 Å². The zero-order chi connectivity index (χ0) is 20.5. The fraction of sp³-hybridized carbons (Fsp3) is 0.227. The van der Waals surface area contributed by atoms with E-state index in [2.05, 4.69) is 61.8 Å². The van der Waals surface area contributed by atoms with Crippen molar-refractivity contribution in [2.75, 3.05) is 5.32 Å². The van der Waals surface area contributed by atoms with Gasteiger partial charge in [0.1, 0.15) is 6.04 Å². The standard InChI is InChI=1S/C22H22BrN5O/c1-14-21(23)15(2)28(26-14)16(3)22(29)25-19-11-24-27(13-19)12-18-9-6-8-17-7-4-5-10-20(17)18/h4-11,13,16H,12H2,1-3H3,(H,25,29). The van der Waals surface area contributed by atoms with Gasteiger partial charge in [-0.15, -0.1) is 0 Å². The van der Waals surface area contributed by atoms with E-state index in [-0.39, 0.29) is 5.91 Å². The summed E-state index contributed by atoms with van der Waals surface area (Å²) in [6.07, 6.45) is 3.52. The van der Waals surface area contributed by atoms with E-state index >= 15 is 0 Å². The fourth-order valence-electron chi connectivity index (χ4n) is 3.50. The van der Waals surface area contributed by atoms with Gasteiger partial charge in [0.05, 0.1) is 34.3 Å². The van der Waals surface area contributed by atoms with Crippen molar-refractivity contribution in [2.45, 2.75) is 33.4 Å². The number of amides is 1. The Morgan fingerprint density at radius 1 is 1.17 bits per heavy atom. The van der Waals surface area contributed by atoms with Gasteiger partial charge in [0.15, 0.2) is 0 Å². The number of carbonyl (C=O) groups is 1.